The molecule has 0 spiro atoms. The average molecular weight is 563 g/mol. The predicted molar refractivity (Wildman–Crippen MR) is 154 cm³/mol. The van der Waals surface area contributed by atoms with E-state index in [1.54, 1.807) is 28.4 Å². The summed E-state index contributed by atoms with van der Waals surface area (Å²) in [5, 5.41) is 0.715. The number of methoxy groups -OCH3 is 4. The molecule has 38 heavy (non-hydrogen) atoms. The fourth-order valence-electron chi connectivity index (χ4n) is 4.96. The summed E-state index contributed by atoms with van der Waals surface area (Å²) in [5.74, 6) is 3.87. The van der Waals surface area contributed by atoms with Crippen LogP contribution in [0.15, 0.2) is 54.6 Å². The topological polar surface area (TPSA) is 49.4 Å². The van der Waals surface area contributed by atoms with Gasteiger partial charge in [-0.15, -0.1) is 12.4 Å². The van der Waals surface area contributed by atoms with Crippen molar-refractivity contribution in [2.75, 3.05) is 48.1 Å². The van der Waals surface area contributed by atoms with E-state index < -0.39 is 0 Å². The Morgan fingerprint density at radius 2 is 1.45 bits per heavy atom. The van der Waals surface area contributed by atoms with Gasteiger partial charge in [0, 0.05) is 17.6 Å². The van der Waals surface area contributed by atoms with Gasteiger partial charge >= 0.3 is 0 Å². The molecule has 0 saturated carbocycles. The van der Waals surface area contributed by atoms with E-state index in [1.807, 2.05) is 30.3 Å². The summed E-state index contributed by atoms with van der Waals surface area (Å²) >= 11 is 5.97. The molecule has 0 fully saturated rings. The summed E-state index contributed by atoms with van der Waals surface area (Å²) in [6, 6.07) is 18.2. The van der Waals surface area contributed by atoms with Gasteiger partial charge in [-0.2, -0.15) is 0 Å². The minimum Gasteiger partial charge on any atom is -0.494 e. The fraction of sp³-hybridized carbons (Fsp3) is 0.400. The number of unbranched alkanes of at least 4 members (excludes halogenated alkanes) is 1. The van der Waals surface area contributed by atoms with E-state index in [1.165, 1.54) is 16.7 Å². The maximum Gasteiger partial charge on any atom is 0.161 e. The maximum atomic E-state index is 5.97. The van der Waals surface area contributed by atoms with E-state index >= 15 is 0 Å². The van der Waals surface area contributed by atoms with Crippen LogP contribution in [0.4, 0.5) is 0 Å². The third-order valence-corrected chi connectivity index (χ3v) is 7.16. The largest absolute Gasteiger partial charge is 0.494 e. The molecule has 1 aliphatic heterocycles. The standard InChI is InChI=1S/C30H36ClNO5.ClH/c1-33-27-12-7-21(18-28(27)34-2)17-26-25-20-30(36-4)29(35-3)19-22(25)13-15-32(26)14-5-6-16-37-24-10-8-23(31)9-11-24;/h7-12,18-20,26H,5-6,13-17H2,1-4H3;1H. The summed E-state index contributed by atoms with van der Waals surface area (Å²) < 4.78 is 28.2. The molecule has 6 nitrogen and oxygen atoms in total. The lowest BCUT2D eigenvalue weighted by Gasteiger charge is -2.38. The van der Waals surface area contributed by atoms with Gasteiger partial charge in [-0.3, -0.25) is 4.90 Å². The van der Waals surface area contributed by atoms with E-state index in [-0.39, 0.29) is 18.4 Å². The smallest absolute Gasteiger partial charge is 0.161 e. The Morgan fingerprint density at radius 3 is 2.13 bits per heavy atom. The molecule has 8 heteroatoms. The first-order valence-electron chi connectivity index (χ1n) is 12.6. The molecule has 4 rings (SSSR count). The Kier molecular flexibility index (Phi) is 11.3. The maximum absolute atomic E-state index is 5.97. The first-order valence-corrected chi connectivity index (χ1v) is 13.0. The van der Waals surface area contributed by atoms with Crippen LogP contribution >= 0.6 is 24.0 Å². The number of ether oxygens (including phenoxy) is 5. The average Bonchev–Trinajstić information content (AvgIpc) is 2.93. The Labute approximate surface area is 237 Å². The molecule has 0 radical (unpaired) electrons. The van der Waals surface area contributed by atoms with Crippen LogP contribution in [-0.4, -0.2) is 53.0 Å². The first-order chi connectivity index (χ1) is 18.1. The van der Waals surface area contributed by atoms with E-state index in [4.69, 9.17) is 35.3 Å². The van der Waals surface area contributed by atoms with Crippen molar-refractivity contribution in [3.05, 3.63) is 76.3 Å². The quantitative estimate of drug-likeness (QED) is 0.227. The lowest BCUT2D eigenvalue weighted by Crippen LogP contribution is -2.37. The van der Waals surface area contributed by atoms with Crippen LogP contribution in [-0.2, 0) is 12.8 Å². The van der Waals surface area contributed by atoms with Crippen LogP contribution in [0.25, 0.3) is 0 Å². The number of halogens is 2. The van der Waals surface area contributed by atoms with Gasteiger partial charge < -0.3 is 23.7 Å². The molecule has 3 aromatic rings. The Balaban J connectivity index is 0.00000400. The van der Waals surface area contributed by atoms with Crippen molar-refractivity contribution < 1.29 is 23.7 Å². The Morgan fingerprint density at radius 1 is 0.789 bits per heavy atom. The molecule has 1 atom stereocenters. The number of benzene rings is 3. The summed E-state index contributed by atoms with van der Waals surface area (Å²) in [6.07, 6.45) is 3.84. The van der Waals surface area contributed by atoms with Gasteiger partial charge in [0.15, 0.2) is 23.0 Å². The van der Waals surface area contributed by atoms with Crippen LogP contribution in [0, 0.1) is 0 Å². The number of rotatable bonds is 12. The van der Waals surface area contributed by atoms with E-state index in [9.17, 15) is 0 Å². The van der Waals surface area contributed by atoms with Crippen LogP contribution in [0.2, 0.25) is 5.02 Å². The molecule has 0 N–H and O–H groups in total. The minimum atomic E-state index is 0. The third kappa shape index (κ3) is 7.19. The third-order valence-electron chi connectivity index (χ3n) is 6.91. The second kappa shape index (κ2) is 14.4. The molecule has 0 amide bonds. The highest BCUT2D eigenvalue weighted by Gasteiger charge is 2.29. The van der Waals surface area contributed by atoms with E-state index in [0.717, 1.165) is 67.5 Å². The monoisotopic (exact) mass is 561 g/mol. The van der Waals surface area contributed by atoms with Gasteiger partial charge in [0.1, 0.15) is 5.75 Å². The number of hydrogen-bond donors (Lipinski definition) is 0. The lowest BCUT2D eigenvalue weighted by molar-refractivity contribution is 0.174. The molecule has 0 bridgehead atoms. The van der Waals surface area contributed by atoms with Crippen LogP contribution < -0.4 is 23.7 Å². The highest BCUT2D eigenvalue weighted by molar-refractivity contribution is 6.30. The van der Waals surface area contributed by atoms with Gasteiger partial charge in [0.25, 0.3) is 0 Å². The summed E-state index contributed by atoms with van der Waals surface area (Å²) in [4.78, 5) is 2.58. The van der Waals surface area contributed by atoms with Crippen LogP contribution in [0.3, 0.4) is 0 Å². The molecule has 1 aliphatic rings. The molecule has 0 aliphatic carbocycles. The lowest BCUT2D eigenvalue weighted by atomic mass is 9.88. The Bertz CT molecular complexity index is 1170. The van der Waals surface area contributed by atoms with E-state index in [2.05, 4.69) is 29.2 Å². The number of fused-ring (bicyclic) bond motifs is 1. The summed E-state index contributed by atoms with van der Waals surface area (Å²) in [6.45, 7) is 2.64. The van der Waals surface area contributed by atoms with Crippen LogP contribution in [0.1, 0.15) is 35.6 Å². The number of nitrogens with zero attached hydrogens (tertiary/aromatic N) is 1. The van der Waals surface area contributed by atoms with Gasteiger partial charge in [-0.1, -0.05) is 17.7 Å². The fourth-order valence-corrected chi connectivity index (χ4v) is 5.08. The molecule has 0 saturated heterocycles. The van der Waals surface area contributed by atoms with Gasteiger partial charge in [0.2, 0.25) is 0 Å². The zero-order chi connectivity index (χ0) is 26.2. The predicted octanol–water partition coefficient (Wildman–Crippen LogP) is 6.80. The van der Waals surface area contributed by atoms with Crippen molar-refractivity contribution >= 4 is 24.0 Å². The van der Waals surface area contributed by atoms with Crippen LogP contribution in [0.5, 0.6) is 28.7 Å². The van der Waals surface area contributed by atoms with Gasteiger partial charge in [0.05, 0.1) is 35.0 Å². The molecular weight excluding hydrogens is 525 g/mol. The molecule has 3 aromatic carbocycles. The number of hydrogen-bond acceptors (Lipinski definition) is 6. The molecule has 206 valence electrons. The minimum absolute atomic E-state index is 0. The molecular formula is C30H37Cl2NO5. The van der Waals surface area contributed by atoms with Crippen molar-refractivity contribution in [1.82, 2.24) is 4.90 Å². The summed E-state index contributed by atoms with van der Waals surface area (Å²) in [5.41, 5.74) is 3.79. The van der Waals surface area contributed by atoms with Crippen molar-refractivity contribution in [1.29, 1.82) is 0 Å². The van der Waals surface area contributed by atoms with Gasteiger partial charge in [-0.25, -0.2) is 0 Å². The van der Waals surface area contributed by atoms with Crippen molar-refractivity contribution in [2.24, 2.45) is 0 Å². The van der Waals surface area contributed by atoms with E-state index in [0.29, 0.717) is 11.6 Å². The summed E-state index contributed by atoms with van der Waals surface area (Å²) in [7, 11) is 6.71. The normalized spacial score (nSPS) is 14.7. The zero-order valence-electron chi connectivity index (χ0n) is 22.5. The SMILES string of the molecule is COc1ccc(CC2c3cc(OC)c(OC)cc3CCN2CCCCOc2ccc(Cl)cc2)cc1OC.Cl. The molecule has 1 heterocycles. The highest BCUT2D eigenvalue weighted by Crippen LogP contribution is 2.40. The molecule has 1 unspecified atom stereocenters. The van der Waals surface area contributed by atoms with Crippen molar-refractivity contribution in [3.8, 4) is 28.7 Å². The highest BCUT2D eigenvalue weighted by atomic mass is 35.5. The second-order valence-corrected chi connectivity index (χ2v) is 9.55. The first kappa shape index (κ1) is 29.8. The zero-order valence-corrected chi connectivity index (χ0v) is 24.1. The second-order valence-electron chi connectivity index (χ2n) is 9.11. The van der Waals surface area contributed by atoms with Gasteiger partial charge in [-0.05, 0) is 97.4 Å². The molecule has 0 aromatic heterocycles. The van der Waals surface area contributed by atoms with Crippen molar-refractivity contribution in [3.63, 3.8) is 0 Å². The Hall–Kier alpha value is -2.80. The van der Waals surface area contributed by atoms with Crippen molar-refractivity contribution in [2.45, 2.75) is 31.7 Å².